The van der Waals surface area contributed by atoms with E-state index in [-0.39, 0.29) is 0 Å². The van der Waals surface area contributed by atoms with Gasteiger partial charge in [-0.25, -0.2) is 0 Å². The minimum atomic E-state index is -0.513. The molecule has 0 unspecified atom stereocenters. The van der Waals surface area contributed by atoms with Crippen LogP contribution in [0.1, 0.15) is 67.2 Å². The fourth-order valence-corrected chi connectivity index (χ4v) is 9.99. The van der Waals surface area contributed by atoms with Crippen LogP contribution in [0.5, 0.6) is 0 Å². The van der Waals surface area contributed by atoms with E-state index in [1.807, 2.05) is 0 Å². The van der Waals surface area contributed by atoms with E-state index in [0.717, 1.165) is 36.5 Å². The molecule has 3 heteroatoms. The van der Waals surface area contributed by atoms with Crippen molar-refractivity contribution in [2.24, 2.45) is 34.5 Å². The van der Waals surface area contributed by atoms with E-state index < -0.39 is 11.2 Å². The Kier molecular flexibility index (Phi) is 3.36. The van der Waals surface area contributed by atoms with Crippen molar-refractivity contribution in [2.75, 3.05) is 0 Å². The van der Waals surface area contributed by atoms with Gasteiger partial charge < -0.3 is 0 Å². The molecule has 4 aliphatic rings. The first-order chi connectivity index (χ1) is 10.4. The normalized spacial score (nSPS) is 59.0. The van der Waals surface area contributed by atoms with Gasteiger partial charge in [0.25, 0.3) is 0 Å². The van der Waals surface area contributed by atoms with Crippen molar-refractivity contribution in [3.05, 3.63) is 0 Å². The molecule has 0 bridgehead atoms. The van der Waals surface area contributed by atoms with Gasteiger partial charge in [-0.2, -0.15) is 0 Å². The number of rotatable bonds is 2. The molecule has 0 amide bonds. The van der Waals surface area contributed by atoms with E-state index in [1.165, 1.54) is 12.8 Å². The van der Waals surface area contributed by atoms with Gasteiger partial charge in [-0.1, -0.05) is 0 Å². The number of hydrogen-bond acceptors (Lipinski definition) is 2. The van der Waals surface area contributed by atoms with Crippen molar-refractivity contribution in [3.8, 4) is 0 Å². The molecular weight excluding hydrogens is 351 g/mol. The quantitative estimate of drug-likeness (QED) is 0.708. The molecule has 8 atom stereocenters. The summed E-state index contributed by atoms with van der Waals surface area (Å²) in [7, 11) is 0. The van der Waals surface area contributed by atoms with Gasteiger partial charge in [-0.15, -0.1) is 0 Å². The fraction of sp³-hybridized carbons (Fsp3) is 1.00. The van der Waals surface area contributed by atoms with E-state index in [9.17, 15) is 10.2 Å². The van der Waals surface area contributed by atoms with Gasteiger partial charge in [0, 0.05) is 0 Å². The van der Waals surface area contributed by atoms with Gasteiger partial charge in [0.2, 0.25) is 0 Å². The third-order valence-electron chi connectivity index (χ3n) is 8.49. The second-order valence-corrected chi connectivity index (χ2v) is 13.7. The third-order valence-corrected chi connectivity index (χ3v) is 12.8. The predicted molar refractivity (Wildman–Crippen MR) is 94.5 cm³/mol. The minimum absolute atomic E-state index is 0.334. The van der Waals surface area contributed by atoms with Crippen molar-refractivity contribution >= 4 is 15.0 Å². The molecule has 0 spiro atoms. The first-order valence-corrected chi connectivity index (χ1v) is 11.5. The summed E-state index contributed by atoms with van der Waals surface area (Å²) in [5.41, 5.74) is -0.150. The van der Waals surface area contributed by atoms with Gasteiger partial charge in [0.15, 0.2) is 0 Å². The van der Waals surface area contributed by atoms with Gasteiger partial charge in [0.1, 0.15) is 0 Å². The molecule has 0 aromatic carbocycles. The van der Waals surface area contributed by atoms with Crippen molar-refractivity contribution in [1.29, 1.82) is 0 Å². The monoisotopic (exact) mass is 386 g/mol. The van der Waals surface area contributed by atoms with Crippen LogP contribution >= 0.6 is 0 Å². The third kappa shape index (κ3) is 2.40. The van der Waals surface area contributed by atoms with Crippen LogP contribution in [0.4, 0.5) is 0 Å². The summed E-state index contributed by atoms with van der Waals surface area (Å²) in [5.74, 6) is 3.08. The summed E-state index contributed by atoms with van der Waals surface area (Å²) in [6.45, 7) is 13.7. The number of aliphatic hydroxyl groups is 2. The van der Waals surface area contributed by atoms with E-state index >= 15 is 0 Å². The average Bonchev–Trinajstić information content (AvgIpc) is 3.10. The Morgan fingerprint density at radius 2 is 1.00 bits per heavy atom. The summed E-state index contributed by atoms with van der Waals surface area (Å²) in [5, 5.41) is 22.2. The molecule has 2 nitrogen and oxygen atoms in total. The van der Waals surface area contributed by atoms with E-state index in [0.29, 0.717) is 35.4 Å². The van der Waals surface area contributed by atoms with Crippen LogP contribution < -0.4 is 0 Å². The van der Waals surface area contributed by atoms with Crippen LogP contribution in [0.2, 0.25) is 9.63 Å². The van der Waals surface area contributed by atoms with Crippen molar-refractivity contribution < 1.29 is 10.2 Å². The van der Waals surface area contributed by atoms with Gasteiger partial charge >= 0.3 is 148 Å². The zero-order valence-corrected chi connectivity index (χ0v) is 17.3. The van der Waals surface area contributed by atoms with Crippen LogP contribution in [0, 0.1) is 34.5 Å². The van der Waals surface area contributed by atoms with Crippen LogP contribution in [0.3, 0.4) is 0 Å². The van der Waals surface area contributed by atoms with Crippen molar-refractivity contribution in [3.63, 3.8) is 0 Å². The Balaban J connectivity index is 1.49. The molecule has 0 radical (unpaired) electrons. The van der Waals surface area contributed by atoms with Crippen molar-refractivity contribution in [1.82, 2.24) is 0 Å². The Morgan fingerprint density at radius 1 is 0.652 bits per heavy atom. The van der Waals surface area contributed by atoms with Gasteiger partial charge in [-0.05, 0) is 0 Å². The van der Waals surface area contributed by atoms with Crippen molar-refractivity contribution in [2.45, 2.75) is 88.1 Å². The second-order valence-electron chi connectivity index (χ2n) is 10.8. The zero-order chi connectivity index (χ0) is 17.0. The SMILES string of the molecule is CC1(C)[C@@H]2C[C@@H]([Se][C@@H]3C[C@@H]4[C@H](C[C@@]3(C)O)C4(C)C)[C@](C)(O)C[C@@H]21. The Morgan fingerprint density at radius 3 is 1.35 bits per heavy atom. The Labute approximate surface area is 148 Å². The Bertz CT molecular complexity index is 476. The molecule has 4 saturated carbocycles. The van der Waals surface area contributed by atoms with Crippen LogP contribution in [-0.4, -0.2) is 36.4 Å². The number of hydrogen-bond donors (Lipinski definition) is 2. The molecule has 0 aromatic heterocycles. The summed E-state index contributed by atoms with van der Waals surface area (Å²) in [6, 6.07) is 0. The van der Waals surface area contributed by atoms with Crippen LogP contribution in [0.25, 0.3) is 0 Å². The molecule has 4 aliphatic carbocycles. The molecule has 0 saturated heterocycles. The Hall–Kier alpha value is 0.439. The van der Waals surface area contributed by atoms with E-state index in [4.69, 9.17) is 0 Å². The maximum absolute atomic E-state index is 11.1. The molecular formula is C20H34O2Se. The molecule has 0 heterocycles. The molecule has 2 N–H and O–H groups in total. The molecule has 132 valence electrons. The molecule has 0 aromatic rings. The summed E-state index contributed by atoms with van der Waals surface area (Å²) < 4.78 is 0. The second kappa shape index (κ2) is 4.58. The maximum atomic E-state index is 11.1. The molecule has 0 aliphatic heterocycles. The predicted octanol–water partition coefficient (Wildman–Crippen LogP) is 3.90. The average molecular weight is 385 g/mol. The standard InChI is InChI=1S/C20H34O2Se/c1-17(2)11-7-15(19(5,21)9-13(11)17)23-16-8-12-14(18(12,3)4)10-20(16,6)22/h11-16,21-22H,7-10H2,1-6H3/t11-,12-,13+,14+,15-,16-,19-,20-/m1/s1. The first-order valence-electron chi connectivity index (χ1n) is 9.47. The summed E-state index contributed by atoms with van der Waals surface area (Å²) in [6.07, 6.45) is 4.33. The summed E-state index contributed by atoms with van der Waals surface area (Å²) in [4.78, 5) is 0.848. The van der Waals surface area contributed by atoms with Crippen LogP contribution in [-0.2, 0) is 0 Å². The molecule has 4 fully saturated rings. The van der Waals surface area contributed by atoms with Crippen LogP contribution in [0.15, 0.2) is 0 Å². The summed E-state index contributed by atoms with van der Waals surface area (Å²) >= 11 is 0.334. The molecule has 23 heavy (non-hydrogen) atoms. The van der Waals surface area contributed by atoms with E-state index in [2.05, 4.69) is 41.5 Å². The topological polar surface area (TPSA) is 40.5 Å². The number of fused-ring (bicyclic) bond motifs is 2. The molecule has 4 rings (SSSR count). The fourth-order valence-electron chi connectivity index (χ4n) is 6.19. The van der Waals surface area contributed by atoms with E-state index in [1.54, 1.807) is 0 Å². The van der Waals surface area contributed by atoms with Gasteiger partial charge in [0.05, 0.1) is 0 Å². The first kappa shape index (κ1) is 16.9. The van der Waals surface area contributed by atoms with Gasteiger partial charge in [-0.3, -0.25) is 0 Å². The zero-order valence-electron chi connectivity index (χ0n) is 15.6.